The molecule has 6 heteroatoms. The summed E-state index contributed by atoms with van der Waals surface area (Å²) in [5, 5.41) is 7.72. The lowest BCUT2D eigenvalue weighted by molar-refractivity contribution is -0.130. The van der Waals surface area contributed by atoms with Gasteiger partial charge in [0.05, 0.1) is 23.9 Å². The predicted molar refractivity (Wildman–Crippen MR) is 104 cm³/mol. The van der Waals surface area contributed by atoms with Crippen molar-refractivity contribution in [3.63, 3.8) is 0 Å². The van der Waals surface area contributed by atoms with Gasteiger partial charge in [-0.15, -0.1) is 0 Å². The van der Waals surface area contributed by atoms with Crippen LogP contribution in [0.15, 0.2) is 6.07 Å². The average molecular weight is 366 g/mol. The van der Waals surface area contributed by atoms with Crippen LogP contribution in [0.25, 0.3) is 0 Å². The molecule has 148 valence electrons. The smallest absolute Gasteiger partial charge is 0.254 e. The fourth-order valence-corrected chi connectivity index (χ4v) is 2.84. The van der Waals surface area contributed by atoms with Crippen LogP contribution in [0.3, 0.4) is 0 Å². The highest BCUT2D eigenvalue weighted by Gasteiger charge is 2.27. The van der Waals surface area contributed by atoms with Gasteiger partial charge in [0.2, 0.25) is 0 Å². The fourth-order valence-electron chi connectivity index (χ4n) is 2.84. The Morgan fingerprint density at radius 1 is 1.35 bits per heavy atom. The lowest BCUT2D eigenvalue weighted by Crippen LogP contribution is -2.34. The minimum absolute atomic E-state index is 0.0869. The van der Waals surface area contributed by atoms with Crippen molar-refractivity contribution in [2.24, 2.45) is 0 Å². The van der Waals surface area contributed by atoms with E-state index in [0.29, 0.717) is 12.4 Å². The highest BCUT2D eigenvalue weighted by molar-refractivity contribution is 5.93. The minimum atomic E-state index is -0.540. The zero-order chi connectivity index (χ0) is 19.5. The fraction of sp³-hybridized carbons (Fsp3) is 0.800. The van der Waals surface area contributed by atoms with E-state index in [1.54, 1.807) is 6.92 Å². The molecule has 1 aromatic heterocycles. The lowest BCUT2D eigenvalue weighted by atomic mass is 9.92. The minimum Gasteiger partial charge on any atom is -0.376 e. The number of ether oxygens (including phenoxy) is 2. The van der Waals surface area contributed by atoms with Gasteiger partial charge in [-0.25, -0.2) is 4.68 Å². The molecule has 2 rings (SSSR count). The van der Waals surface area contributed by atoms with Gasteiger partial charge in [-0.1, -0.05) is 20.8 Å². The van der Waals surface area contributed by atoms with E-state index in [-0.39, 0.29) is 23.0 Å². The molecule has 1 aromatic rings. The first-order chi connectivity index (χ1) is 12.0. The molecule has 6 nitrogen and oxygen atoms in total. The molecule has 1 saturated heterocycles. The van der Waals surface area contributed by atoms with Crippen LogP contribution in [-0.2, 0) is 25.2 Å². The molecule has 26 heavy (non-hydrogen) atoms. The van der Waals surface area contributed by atoms with Crippen molar-refractivity contribution in [3.8, 4) is 0 Å². The van der Waals surface area contributed by atoms with Crippen molar-refractivity contribution in [1.29, 1.82) is 0 Å². The molecule has 0 aliphatic carbocycles. The van der Waals surface area contributed by atoms with E-state index in [4.69, 9.17) is 14.6 Å². The van der Waals surface area contributed by atoms with Gasteiger partial charge in [0.15, 0.2) is 0 Å². The monoisotopic (exact) mass is 365 g/mol. The van der Waals surface area contributed by atoms with Gasteiger partial charge < -0.3 is 14.8 Å². The van der Waals surface area contributed by atoms with Gasteiger partial charge in [0.25, 0.3) is 5.91 Å². The van der Waals surface area contributed by atoms with Crippen LogP contribution >= 0.6 is 0 Å². The number of carbonyl (C=O) groups excluding carboxylic acids is 1. The first kappa shape index (κ1) is 20.9. The van der Waals surface area contributed by atoms with E-state index in [0.717, 1.165) is 31.6 Å². The normalized spacial score (nSPS) is 20.0. The molecule has 2 atom stereocenters. The molecule has 2 unspecified atom stereocenters. The Morgan fingerprint density at radius 3 is 2.58 bits per heavy atom. The molecular weight excluding hydrogens is 330 g/mol. The third kappa shape index (κ3) is 5.55. The van der Waals surface area contributed by atoms with Crippen LogP contribution in [0.1, 0.15) is 73.4 Å². The summed E-state index contributed by atoms with van der Waals surface area (Å²) in [6, 6.07) is 1.96. The van der Waals surface area contributed by atoms with E-state index in [2.05, 4.69) is 46.9 Å². The molecule has 1 fully saturated rings. The Bertz CT molecular complexity index is 605. The summed E-state index contributed by atoms with van der Waals surface area (Å²) < 4.78 is 13.3. The first-order valence-corrected chi connectivity index (χ1v) is 9.63. The Labute approximate surface area is 157 Å². The summed E-state index contributed by atoms with van der Waals surface area (Å²) in [5.74, 6) is 0.545. The number of hydrogen-bond donors (Lipinski definition) is 1. The molecular formula is C20H35N3O3. The van der Waals surface area contributed by atoms with Crippen LogP contribution in [-0.4, -0.2) is 41.1 Å². The third-order valence-corrected chi connectivity index (χ3v) is 4.54. The van der Waals surface area contributed by atoms with E-state index in [1.807, 2.05) is 10.7 Å². The molecule has 0 bridgehead atoms. The zero-order valence-electron chi connectivity index (χ0n) is 17.4. The Morgan fingerprint density at radius 2 is 2.04 bits per heavy atom. The van der Waals surface area contributed by atoms with E-state index in [9.17, 15) is 4.79 Å². The maximum absolute atomic E-state index is 12.6. The summed E-state index contributed by atoms with van der Waals surface area (Å²) in [6.45, 7) is 15.6. The first-order valence-electron chi connectivity index (χ1n) is 9.63. The molecule has 0 aromatic carbocycles. The number of aromatic nitrogens is 2. The van der Waals surface area contributed by atoms with Gasteiger partial charge in [-0.3, -0.25) is 4.79 Å². The number of anilines is 1. The Kier molecular flexibility index (Phi) is 6.51. The molecule has 1 amide bonds. The van der Waals surface area contributed by atoms with Crippen molar-refractivity contribution in [2.75, 3.05) is 18.5 Å². The van der Waals surface area contributed by atoms with Gasteiger partial charge in [-0.05, 0) is 47.0 Å². The molecule has 1 aliphatic rings. The zero-order valence-corrected chi connectivity index (χ0v) is 17.4. The Hall–Kier alpha value is -1.40. The largest absolute Gasteiger partial charge is 0.376 e. The Balaban J connectivity index is 2.03. The van der Waals surface area contributed by atoms with Crippen molar-refractivity contribution in [3.05, 3.63) is 11.8 Å². The number of carbonyl (C=O) groups is 1. The number of nitrogens with zero attached hydrogens (tertiary/aromatic N) is 2. The third-order valence-electron chi connectivity index (χ3n) is 4.54. The van der Waals surface area contributed by atoms with Crippen LogP contribution in [0.2, 0.25) is 0 Å². The molecule has 1 N–H and O–H groups in total. The predicted octanol–water partition coefficient (Wildman–Crippen LogP) is 3.85. The molecule has 0 saturated carbocycles. The summed E-state index contributed by atoms with van der Waals surface area (Å²) in [7, 11) is 0. The van der Waals surface area contributed by atoms with Crippen molar-refractivity contribution >= 4 is 11.7 Å². The summed E-state index contributed by atoms with van der Waals surface area (Å²) in [4.78, 5) is 12.6. The van der Waals surface area contributed by atoms with Gasteiger partial charge in [0.1, 0.15) is 11.9 Å². The topological polar surface area (TPSA) is 65.4 Å². The molecule has 0 spiro atoms. The van der Waals surface area contributed by atoms with E-state index >= 15 is 0 Å². The van der Waals surface area contributed by atoms with Crippen molar-refractivity contribution in [2.45, 2.75) is 90.9 Å². The van der Waals surface area contributed by atoms with Crippen LogP contribution < -0.4 is 5.32 Å². The summed E-state index contributed by atoms with van der Waals surface area (Å²) >= 11 is 0. The molecule has 2 heterocycles. The second-order valence-electron chi connectivity index (χ2n) is 9.20. The molecule has 1 aliphatic heterocycles. The lowest BCUT2D eigenvalue weighted by Gasteiger charge is -2.25. The van der Waals surface area contributed by atoms with Crippen LogP contribution in [0, 0.1) is 0 Å². The SMILES string of the molecule is CC(OCC1CCCCO1)C(=O)Nc1cc(C(C)(C)C)nn1C(C)(C)C. The number of amides is 1. The van der Waals surface area contributed by atoms with Crippen LogP contribution in [0.5, 0.6) is 0 Å². The number of nitrogens with one attached hydrogen (secondary N) is 1. The van der Waals surface area contributed by atoms with Crippen LogP contribution in [0.4, 0.5) is 5.82 Å². The number of rotatable bonds is 5. The maximum Gasteiger partial charge on any atom is 0.254 e. The highest BCUT2D eigenvalue weighted by atomic mass is 16.5. The maximum atomic E-state index is 12.6. The summed E-state index contributed by atoms with van der Waals surface area (Å²) in [5.41, 5.74) is 0.634. The van der Waals surface area contributed by atoms with Gasteiger partial charge in [-0.2, -0.15) is 5.10 Å². The van der Waals surface area contributed by atoms with Crippen molar-refractivity contribution < 1.29 is 14.3 Å². The number of hydrogen-bond acceptors (Lipinski definition) is 4. The average Bonchev–Trinajstić information content (AvgIpc) is 2.98. The van der Waals surface area contributed by atoms with E-state index < -0.39 is 6.10 Å². The van der Waals surface area contributed by atoms with Crippen molar-refractivity contribution in [1.82, 2.24) is 9.78 Å². The highest BCUT2D eigenvalue weighted by Crippen LogP contribution is 2.28. The standard InChI is InChI=1S/C20H35N3O3/c1-14(26-13-15-10-8-9-11-25-15)18(24)21-17-12-16(19(2,3)4)22-23(17)20(5,6)7/h12,14-15H,8-11,13H2,1-7H3,(H,21,24). The van der Waals surface area contributed by atoms with Gasteiger partial charge >= 0.3 is 0 Å². The molecule has 0 radical (unpaired) electrons. The van der Waals surface area contributed by atoms with Gasteiger partial charge in [0, 0.05) is 18.1 Å². The quantitative estimate of drug-likeness (QED) is 0.861. The summed E-state index contributed by atoms with van der Waals surface area (Å²) in [6.07, 6.45) is 2.84. The second-order valence-corrected chi connectivity index (χ2v) is 9.20. The van der Waals surface area contributed by atoms with E-state index in [1.165, 1.54) is 0 Å². The second kappa shape index (κ2) is 8.09.